The van der Waals surface area contributed by atoms with E-state index in [1.165, 1.54) is 98.4 Å². The fraction of sp³-hybridized carbons (Fsp3) is 0.175. The standard InChI is InChI=1S/C31H25N5.2C22H21N.C20H19N3.C19H19N3/c1-31(2,3)28-32-29(35-24-16-8-4-12-20(24)21-13-5-9-17-25(21)35)34-30(33-28)36-26-18-10-6-14-22(26)23-15-7-11-19-27(23)36;1-22(2,3)16-13-14-21-19(15-16)18-11-7-8-12-20(18)23(21)17-9-5-4-6-10-17;1-22(2,3)16-13-14-19-18-11-7-8-12-20(18)23(21(19)15-16)17-9-5-4-6-10-17;1-20(2,3)14-12-21-19(22-13-14)23-17-10-6-4-8-15(17)16-9-5-7-11-18(16)23;1-19(2,3)18-21-16(14-10-6-4-7-11-14)20-17(22-18)15-12-8-5-9-13-15/h4-19H,1-3H3;2*4-15H,1-3H3;4-13H,1-3H3;4-13H,1-3H3. The van der Waals surface area contributed by atoms with Gasteiger partial charge in [-0.15, -0.1) is 0 Å². The fourth-order valence-corrected chi connectivity index (χ4v) is 16.9. The second-order valence-electron chi connectivity index (χ2n) is 37.8. The molecule has 8 heterocycles. The predicted molar refractivity (Wildman–Crippen MR) is 531 cm³/mol. The summed E-state index contributed by atoms with van der Waals surface area (Å²) in [4.78, 5) is 38.5. The second kappa shape index (κ2) is 33.7. The molecule has 0 aliphatic carbocycles. The van der Waals surface area contributed by atoms with Crippen LogP contribution in [0.2, 0.25) is 0 Å². The van der Waals surface area contributed by atoms with Gasteiger partial charge in [0.2, 0.25) is 17.8 Å². The van der Waals surface area contributed by atoms with Crippen LogP contribution < -0.4 is 0 Å². The molecule has 0 bridgehead atoms. The number of hydrogen-bond donors (Lipinski definition) is 0. The molecular weight excluding hydrogens is 1550 g/mol. The molecule has 0 radical (unpaired) electrons. The average molecular weight is 1660 g/mol. The Balaban J connectivity index is 0.000000109. The zero-order valence-corrected chi connectivity index (χ0v) is 75.0. The van der Waals surface area contributed by atoms with Crippen molar-refractivity contribution in [1.29, 1.82) is 0 Å². The number of rotatable bonds is 7. The van der Waals surface area contributed by atoms with E-state index < -0.39 is 0 Å². The third-order valence-corrected chi connectivity index (χ3v) is 23.6. The van der Waals surface area contributed by atoms with Crippen LogP contribution >= 0.6 is 0 Å². The molecule has 0 saturated carbocycles. The summed E-state index contributed by atoms with van der Waals surface area (Å²) in [5.41, 5.74) is 20.0. The van der Waals surface area contributed by atoms with Crippen molar-refractivity contribution in [2.45, 2.75) is 131 Å². The van der Waals surface area contributed by atoms with Gasteiger partial charge in [0.15, 0.2) is 11.6 Å². The molecular formula is C114H105N13. The highest BCUT2D eigenvalue weighted by Gasteiger charge is 2.28. The van der Waals surface area contributed by atoms with E-state index in [9.17, 15) is 0 Å². The molecule has 22 rings (SSSR count). The molecule has 14 aromatic carbocycles. The van der Waals surface area contributed by atoms with Crippen molar-refractivity contribution in [3.8, 4) is 52.0 Å². The quantitative estimate of drug-likeness (QED) is 0.154. The van der Waals surface area contributed by atoms with Crippen LogP contribution in [0.4, 0.5) is 0 Å². The van der Waals surface area contributed by atoms with Crippen molar-refractivity contribution < 1.29 is 0 Å². The lowest BCUT2D eigenvalue weighted by molar-refractivity contribution is 0.537. The second-order valence-corrected chi connectivity index (χ2v) is 37.8. The number of fused-ring (bicyclic) bond motifs is 15. The first-order valence-electron chi connectivity index (χ1n) is 43.8. The molecule has 0 amide bonds. The third kappa shape index (κ3) is 16.5. The number of aromatic nitrogens is 13. The first-order valence-corrected chi connectivity index (χ1v) is 43.8. The van der Waals surface area contributed by atoms with Gasteiger partial charge >= 0.3 is 0 Å². The minimum Gasteiger partial charge on any atom is -0.309 e. The van der Waals surface area contributed by atoms with Gasteiger partial charge in [0.05, 0.1) is 55.2 Å². The molecule has 0 unspecified atom stereocenters. The van der Waals surface area contributed by atoms with E-state index in [1.54, 1.807) is 0 Å². The van der Waals surface area contributed by atoms with E-state index in [2.05, 4.69) is 443 Å². The fourth-order valence-electron chi connectivity index (χ4n) is 16.9. The SMILES string of the molecule is CC(C)(C)c1ccc2c(c1)c1ccccc1n2-c1ccccc1.CC(C)(C)c1ccc2c3ccccc3n(-c3ccccc3)c2c1.CC(C)(C)c1cnc(-n2c3ccccc3c3ccccc32)nc1.CC(C)(C)c1nc(-c2ccccc2)nc(-c2ccccc2)n1.CC(C)(C)c1nc(-n2c3ccccc3c3ccccc32)nc(-n2c3ccccc3c3ccccc32)n1. The highest BCUT2D eigenvalue weighted by atomic mass is 15.3. The van der Waals surface area contributed by atoms with Crippen molar-refractivity contribution in [2.75, 3.05) is 0 Å². The summed E-state index contributed by atoms with van der Waals surface area (Å²) in [5, 5.41) is 12.5. The molecule has 0 atom stereocenters. The van der Waals surface area contributed by atoms with Crippen LogP contribution in [-0.4, -0.2) is 62.7 Å². The molecule has 0 spiro atoms. The van der Waals surface area contributed by atoms with Crippen LogP contribution in [0.25, 0.3) is 161 Å². The molecule has 8 aromatic heterocycles. The molecule has 13 nitrogen and oxygen atoms in total. The maximum absolute atomic E-state index is 5.14. The van der Waals surface area contributed by atoms with Crippen molar-refractivity contribution >= 4 is 109 Å². The van der Waals surface area contributed by atoms with Gasteiger partial charge in [-0.25, -0.2) is 24.9 Å². The molecule has 127 heavy (non-hydrogen) atoms. The van der Waals surface area contributed by atoms with E-state index in [-0.39, 0.29) is 27.1 Å². The van der Waals surface area contributed by atoms with E-state index >= 15 is 0 Å². The Morgan fingerprint density at radius 1 is 0.181 bits per heavy atom. The molecule has 0 N–H and O–H groups in total. The summed E-state index contributed by atoms with van der Waals surface area (Å²) < 4.78 is 11.2. The lowest BCUT2D eigenvalue weighted by Crippen LogP contribution is -2.20. The molecule has 13 heteroatoms. The molecule has 0 fully saturated rings. The number of para-hydroxylation sites is 10. The van der Waals surface area contributed by atoms with Gasteiger partial charge in [-0.05, 0) is 124 Å². The van der Waals surface area contributed by atoms with Gasteiger partial charge in [-0.3, -0.25) is 13.7 Å². The Morgan fingerprint density at radius 2 is 0.441 bits per heavy atom. The third-order valence-electron chi connectivity index (χ3n) is 23.6. The first kappa shape index (κ1) is 83.1. The summed E-state index contributed by atoms with van der Waals surface area (Å²) in [6.45, 7) is 32.9. The zero-order valence-electron chi connectivity index (χ0n) is 75.0. The molecule has 0 aliphatic heterocycles. The van der Waals surface area contributed by atoms with Crippen LogP contribution in [0.15, 0.2) is 364 Å². The van der Waals surface area contributed by atoms with Crippen LogP contribution in [0.5, 0.6) is 0 Å². The Morgan fingerprint density at radius 3 is 0.780 bits per heavy atom. The summed E-state index contributed by atoms with van der Waals surface area (Å²) in [5.74, 6) is 4.98. The normalized spacial score (nSPS) is 12.1. The Hall–Kier alpha value is -14.8. The van der Waals surface area contributed by atoms with Crippen LogP contribution in [0.1, 0.15) is 132 Å². The van der Waals surface area contributed by atoms with E-state index in [4.69, 9.17) is 15.0 Å². The number of hydrogen-bond acceptors (Lipinski definition) is 8. The van der Waals surface area contributed by atoms with Crippen molar-refractivity contribution in [3.63, 3.8) is 0 Å². The highest BCUT2D eigenvalue weighted by molar-refractivity contribution is 6.13. The van der Waals surface area contributed by atoms with Gasteiger partial charge < -0.3 is 9.13 Å². The van der Waals surface area contributed by atoms with Crippen LogP contribution in [0.3, 0.4) is 0 Å². The van der Waals surface area contributed by atoms with Gasteiger partial charge in [0.1, 0.15) is 11.6 Å². The number of benzene rings is 14. The minimum atomic E-state index is -0.260. The largest absolute Gasteiger partial charge is 0.309 e. The van der Waals surface area contributed by atoms with Crippen molar-refractivity contribution in [1.82, 2.24) is 62.7 Å². The van der Waals surface area contributed by atoms with E-state index in [0.717, 1.165) is 79.0 Å². The van der Waals surface area contributed by atoms with Gasteiger partial charge in [0, 0.05) is 99.6 Å². The van der Waals surface area contributed by atoms with E-state index in [1.807, 2.05) is 73.1 Å². The molecule has 626 valence electrons. The Bertz CT molecular complexity index is 7400. The van der Waals surface area contributed by atoms with Gasteiger partial charge in [0.25, 0.3) is 0 Å². The van der Waals surface area contributed by atoms with Gasteiger partial charge in [-0.1, -0.05) is 365 Å². The summed E-state index contributed by atoms with van der Waals surface area (Å²) in [6, 6.07) is 123. The Kier molecular flexibility index (Phi) is 22.0. The lowest BCUT2D eigenvalue weighted by Gasteiger charge is -2.19. The molecule has 0 aliphatic rings. The Labute approximate surface area is 742 Å². The smallest absolute Gasteiger partial charge is 0.239 e. The maximum atomic E-state index is 5.14. The number of nitrogens with zero attached hydrogens (tertiary/aromatic N) is 13. The minimum absolute atomic E-state index is 0.0549. The molecule has 0 saturated heterocycles. The van der Waals surface area contributed by atoms with Crippen molar-refractivity contribution in [3.05, 3.63) is 393 Å². The highest BCUT2D eigenvalue weighted by Crippen LogP contribution is 2.41. The zero-order chi connectivity index (χ0) is 88.1. The van der Waals surface area contributed by atoms with Crippen molar-refractivity contribution in [2.24, 2.45) is 0 Å². The molecule has 22 aromatic rings. The summed E-state index contributed by atoms with van der Waals surface area (Å²) in [7, 11) is 0. The van der Waals surface area contributed by atoms with Crippen LogP contribution in [0, 0.1) is 0 Å². The predicted octanol–water partition coefficient (Wildman–Crippen LogP) is 28.9. The van der Waals surface area contributed by atoms with Crippen LogP contribution in [-0.2, 0) is 27.1 Å². The topological polar surface area (TPSA) is 128 Å². The average Bonchev–Trinajstić information content (AvgIpc) is 1.60. The summed E-state index contributed by atoms with van der Waals surface area (Å²) in [6.07, 6.45) is 3.87. The first-order chi connectivity index (χ1) is 61.2. The van der Waals surface area contributed by atoms with Gasteiger partial charge in [-0.2, -0.15) is 15.0 Å². The summed E-state index contributed by atoms with van der Waals surface area (Å²) >= 11 is 0. The maximum Gasteiger partial charge on any atom is 0.239 e. The monoisotopic (exact) mass is 1660 g/mol. The lowest BCUT2D eigenvalue weighted by atomic mass is 9.86. The van der Waals surface area contributed by atoms with E-state index in [0.29, 0.717) is 11.9 Å².